The summed E-state index contributed by atoms with van der Waals surface area (Å²) >= 11 is 0. The summed E-state index contributed by atoms with van der Waals surface area (Å²) in [6.07, 6.45) is 5.40. The first-order valence-electron chi connectivity index (χ1n) is 4.17. The molecule has 0 radical (unpaired) electrons. The van der Waals surface area contributed by atoms with Gasteiger partial charge in [-0.25, -0.2) is 0 Å². The van der Waals surface area contributed by atoms with Gasteiger partial charge in [-0.05, 0) is 27.7 Å². The molecule has 2 heteroatoms. The average molecular weight is 168 g/mol. The third kappa shape index (κ3) is 1.80. The fourth-order valence-electron chi connectivity index (χ4n) is 1.14. The Balaban J connectivity index is 2.66. The van der Waals surface area contributed by atoms with Crippen LogP contribution in [0.25, 0.3) is 0 Å². The first kappa shape index (κ1) is 9.57. The van der Waals surface area contributed by atoms with Gasteiger partial charge in [-0.15, -0.1) is 6.42 Å². The van der Waals surface area contributed by atoms with E-state index in [1.807, 2.05) is 27.7 Å². The highest BCUT2D eigenvalue weighted by molar-refractivity contribution is 5.06. The van der Waals surface area contributed by atoms with Crippen LogP contribution in [-0.4, -0.2) is 18.5 Å². The second-order valence-corrected chi connectivity index (χ2v) is 4.18. The van der Waals surface area contributed by atoms with Crippen molar-refractivity contribution in [3.63, 3.8) is 0 Å². The molecule has 68 valence electrons. The fourth-order valence-corrected chi connectivity index (χ4v) is 1.14. The Labute approximate surface area is 74.2 Å². The van der Waals surface area contributed by atoms with Crippen LogP contribution in [0.2, 0.25) is 0 Å². The maximum Gasteiger partial charge on any atom is 0.163 e. The van der Waals surface area contributed by atoms with Crippen LogP contribution in [0.4, 0.5) is 0 Å². The Morgan fingerprint density at radius 2 is 2.08 bits per heavy atom. The predicted molar refractivity (Wildman–Crippen MR) is 47.5 cm³/mol. The molecular weight excluding hydrogens is 152 g/mol. The second kappa shape index (κ2) is 2.76. The van der Waals surface area contributed by atoms with Gasteiger partial charge in [-0.1, -0.05) is 5.92 Å². The molecule has 1 heterocycles. The van der Waals surface area contributed by atoms with Crippen molar-refractivity contribution in [2.75, 3.05) is 6.61 Å². The van der Waals surface area contributed by atoms with Crippen LogP contribution in [0, 0.1) is 17.8 Å². The highest BCUT2D eigenvalue weighted by Gasteiger charge is 2.40. The summed E-state index contributed by atoms with van der Waals surface area (Å²) in [7, 11) is 0. The van der Waals surface area contributed by atoms with E-state index in [1.165, 1.54) is 0 Å². The zero-order chi connectivity index (χ0) is 9.41. The summed E-state index contributed by atoms with van der Waals surface area (Å²) in [5, 5.41) is 0. The van der Waals surface area contributed by atoms with Gasteiger partial charge in [0.15, 0.2) is 5.79 Å². The number of hydrogen-bond donors (Lipinski definition) is 0. The van der Waals surface area contributed by atoms with E-state index in [0.29, 0.717) is 6.61 Å². The standard InChI is InChI=1S/C10H16O2/c1-6-9(2,3)8-7-11-10(4,5)12-8/h1,8H,7H2,2-5H3. The quantitative estimate of drug-likeness (QED) is 0.556. The summed E-state index contributed by atoms with van der Waals surface area (Å²) in [5.74, 6) is 2.24. The van der Waals surface area contributed by atoms with E-state index >= 15 is 0 Å². The van der Waals surface area contributed by atoms with E-state index in [0.717, 1.165) is 0 Å². The van der Waals surface area contributed by atoms with Gasteiger partial charge in [-0.3, -0.25) is 0 Å². The second-order valence-electron chi connectivity index (χ2n) is 4.18. The molecule has 1 unspecified atom stereocenters. The Bertz CT molecular complexity index is 210. The lowest BCUT2D eigenvalue weighted by Crippen LogP contribution is -2.32. The molecule has 0 aromatic carbocycles. The van der Waals surface area contributed by atoms with E-state index in [1.54, 1.807) is 0 Å². The van der Waals surface area contributed by atoms with Crippen molar-refractivity contribution in [2.24, 2.45) is 5.41 Å². The normalized spacial score (nSPS) is 28.4. The highest BCUT2D eigenvalue weighted by Crippen LogP contribution is 2.32. The molecule has 1 aliphatic rings. The SMILES string of the molecule is C#CC(C)(C)C1COC(C)(C)O1. The molecule has 0 N–H and O–H groups in total. The lowest BCUT2D eigenvalue weighted by Gasteiger charge is -2.25. The van der Waals surface area contributed by atoms with Crippen molar-refractivity contribution in [1.82, 2.24) is 0 Å². The van der Waals surface area contributed by atoms with Crippen LogP contribution in [-0.2, 0) is 9.47 Å². The summed E-state index contributed by atoms with van der Waals surface area (Å²) in [6.45, 7) is 8.37. The number of ether oxygens (including phenoxy) is 2. The van der Waals surface area contributed by atoms with Gasteiger partial charge in [0, 0.05) is 0 Å². The first-order valence-corrected chi connectivity index (χ1v) is 4.17. The number of terminal acetylenes is 1. The molecule has 1 rings (SSSR count). The summed E-state index contributed by atoms with van der Waals surface area (Å²) in [4.78, 5) is 0. The van der Waals surface area contributed by atoms with Crippen LogP contribution in [0.1, 0.15) is 27.7 Å². The number of hydrogen-bond acceptors (Lipinski definition) is 2. The van der Waals surface area contributed by atoms with Gasteiger partial charge in [0.05, 0.1) is 12.0 Å². The molecule has 1 saturated heterocycles. The molecule has 2 nitrogen and oxygen atoms in total. The smallest absolute Gasteiger partial charge is 0.163 e. The first-order chi connectivity index (χ1) is 5.37. The molecular formula is C10H16O2. The molecule has 0 aromatic rings. The molecule has 0 spiro atoms. The zero-order valence-electron chi connectivity index (χ0n) is 8.18. The van der Waals surface area contributed by atoms with Crippen LogP contribution >= 0.6 is 0 Å². The summed E-state index contributed by atoms with van der Waals surface area (Å²) < 4.78 is 11.1. The molecule has 0 bridgehead atoms. The predicted octanol–water partition coefficient (Wildman–Crippen LogP) is 1.80. The Kier molecular flexibility index (Phi) is 2.20. The zero-order valence-corrected chi connectivity index (χ0v) is 8.18. The lowest BCUT2D eigenvalue weighted by atomic mass is 9.88. The van der Waals surface area contributed by atoms with E-state index in [-0.39, 0.29) is 11.5 Å². The van der Waals surface area contributed by atoms with Gasteiger partial charge >= 0.3 is 0 Å². The lowest BCUT2D eigenvalue weighted by molar-refractivity contribution is -0.147. The third-order valence-corrected chi connectivity index (χ3v) is 2.19. The maximum absolute atomic E-state index is 5.64. The Morgan fingerprint density at radius 1 is 1.50 bits per heavy atom. The van der Waals surface area contributed by atoms with Crippen LogP contribution in [0.15, 0.2) is 0 Å². The van der Waals surface area contributed by atoms with Gasteiger partial charge in [0.25, 0.3) is 0 Å². The number of rotatable bonds is 1. The van der Waals surface area contributed by atoms with Crippen molar-refractivity contribution in [2.45, 2.75) is 39.6 Å². The van der Waals surface area contributed by atoms with E-state index in [4.69, 9.17) is 15.9 Å². The fraction of sp³-hybridized carbons (Fsp3) is 0.800. The minimum absolute atomic E-state index is 0.0116. The van der Waals surface area contributed by atoms with Gasteiger partial charge in [0.2, 0.25) is 0 Å². The molecule has 0 saturated carbocycles. The minimum Gasteiger partial charge on any atom is -0.348 e. The average Bonchev–Trinajstić information content (AvgIpc) is 2.31. The molecule has 1 atom stereocenters. The van der Waals surface area contributed by atoms with Crippen molar-refractivity contribution in [3.8, 4) is 12.3 Å². The highest BCUT2D eigenvalue weighted by atomic mass is 16.7. The molecule has 1 aliphatic heterocycles. The van der Waals surface area contributed by atoms with Gasteiger partial charge in [-0.2, -0.15) is 0 Å². The maximum atomic E-state index is 5.64. The summed E-state index contributed by atoms with van der Waals surface area (Å²) in [6, 6.07) is 0. The van der Waals surface area contributed by atoms with Crippen molar-refractivity contribution in [3.05, 3.63) is 0 Å². The Morgan fingerprint density at radius 3 is 2.42 bits per heavy atom. The summed E-state index contributed by atoms with van der Waals surface area (Å²) in [5.41, 5.74) is -0.242. The third-order valence-electron chi connectivity index (χ3n) is 2.19. The molecule has 0 aromatic heterocycles. The van der Waals surface area contributed by atoms with Crippen LogP contribution in [0.5, 0.6) is 0 Å². The van der Waals surface area contributed by atoms with Crippen molar-refractivity contribution >= 4 is 0 Å². The minimum atomic E-state index is -0.473. The molecule has 1 fully saturated rings. The Hall–Kier alpha value is -0.520. The molecule has 0 aliphatic carbocycles. The van der Waals surface area contributed by atoms with Crippen LogP contribution < -0.4 is 0 Å². The molecule has 0 amide bonds. The van der Waals surface area contributed by atoms with Gasteiger partial charge in [0.1, 0.15) is 6.10 Å². The molecule has 12 heavy (non-hydrogen) atoms. The van der Waals surface area contributed by atoms with Crippen LogP contribution in [0.3, 0.4) is 0 Å². The largest absolute Gasteiger partial charge is 0.348 e. The topological polar surface area (TPSA) is 18.5 Å². The van der Waals surface area contributed by atoms with Gasteiger partial charge < -0.3 is 9.47 Å². The monoisotopic (exact) mass is 168 g/mol. The van der Waals surface area contributed by atoms with E-state index < -0.39 is 5.79 Å². The van der Waals surface area contributed by atoms with Crippen molar-refractivity contribution < 1.29 is 9.47 Å². The van der Waals surface area contributed by atoms with Crippen molar-refractivity contribution in [1.29, 1.82) is 0 Å². The van der Waals surface area contributed by atoms with E-state index in [2.05, 4.69) is 5.92 Å². The van der Waals surface area contributed by atoms with E-state index in [9.17, 15) is 0 Å².